The molecule has 0 unspecified atom stereocenters. The van der Waals surface area contributed by atoms with Crippen molar-refractivity contribution in [1.82, 2.24) is 4.90 Å². The van der Waals surface area contributed by atoms with E-state index in [-0.39, 0.29) is 12.7 Å². The summed E-state index contributed by atoms with van der Waals surface area (Å²) < 4.78 is 6.19. The quantitative estimate of drug-likeness (QED) is 0.770. The lowest BCUT2D eigenvalue weighted by Crippen LogP contribution is -2.27. The second-order valence-corrected chi connectivity index (χ2v) is 5.95. The zero-order chi connectivity index (χ0) is 15.2. The first-order chi connectivity index (χ1) is 10.1. The van der Waals surface area contributed by atoms with Crippen LogP contribution in [0.5, 0.6) is 0 Å². The van der Waals surface area contributed by atoms with Crippen LogP contribution in [0.1, 0.15) is 11.1 Å². The molecular weight excluding hydrogens is 354 g/mol. The van der Waals surface area contributed by atoms with E-state index in [4.69, 9.17) is 16.3 Å². The van der Waals surface area contributed by atoms with E-state index >= 15 is 0 Å². The fourth-order valence-electron chi connectivity index (χ4n) is 1.81. The molecule has 0 aromatic heterocycles. The van der Waals surface area contributed by atoms with E-state index in [9.17, 15) is 4.79 Å². The molecule has 0 atom stereocenters. The summed E-state index contributed by atoms with van der Waals surface area (Å²) in [7, 11) is 1.69. The first kappa shape index (κ1) is 15.9. The van der Waals surface area contributed by atoms with Crippen molar-refractivity contribution < 1.29 is 9.53 Å². The van der Waals surface area contributed by atoms with Crippen molar-refractivity contribution in [2.24, 2.45) is 0 Å². The topological polar surface area (TPSA) is 29.5 Å². The second-order valence-electron chi connectivity index (χ2n) is 4.63. The van der Waals surface area contributed by atoms with Crippen LogP contribution in [-0.2, 0) is 17.9 Å². The smallest absolute Gasteiger partial charge is 0.410 e. The lowest BCUT2D eigenvalue weighted by molar-refractivity contribution is 0.103. The Morgan fingerprint density at radius 2 is 1.95 bits per heavy atom. The summed E-state index contributed by atoms with van der Waals surface area (Å²) in [6, 6.07) is 15.1. The normalized spacial score (nSPS) is 10.2. The average molecular weight is 369 g/mol. The minimum atomic E-state index is -0.380. The van der Waals surface area contributed by atoms with Gasteiger partial charge in [-0.3, -0.25) is 0 Å². The van der Waals surface area contributed by atoms with Gasteiger partial charge in [0.05, 0.1) is 6.54 Å². The Bertz CT molecular complexity index is 619. The molecule has 1 amide bonds. The number of carbonyl (C=O) groups excluding carboxylic acids is 1. The van der Waals surface area contributed by atoms with Crippen LogP contribution in [0.2, 0.25) is 5.02 Å². The zero-order valence-electron chi connectivity index (χ0n) is 11.6. The van der Waals surface area contributed by atoms with Gasteiger partial charge in [-0.2, -0.15) is 0 Å². The van der Waals surface area contributed by atoms with Gasteiger partial charge in [-0.25, -0.2) is 4.79 Å². The number of benzene rings is 2. The number of hydrogen-bond donors (Lipinski definition) is 0. The molecule has 5 heteroatoms. The van der Waals surface area contributed by atoms with E-state index in [1.165, 1.54) is 4.90 Å². The molecule has 0 saturated carbocycles. The summed E-state index contributed by atoms with van der Waals surface area (Å²) in [5.41, 5.74) is 1.82. The third-order valence-electron chi connectivity index (χ3n) is 2.93. The summed E-state index contributed by atoms with van der Waals surface area (Å²) in [6.07, 6.45) is -0.380. The maximum atomic E-state index is 12.0. The summed E-state index contributed by atoms with van der Waals surface area (Å²) in [5.74, 6) is 0. The Labute approximate surface area is 137 Å². The Morgan fingerprint density at radius 1 is 1.24 bits per heavy atom. The Morgan fingerprint density at radius 3 is 2.67 bits per heavy atom. The molecule has 2 aromatic carbocycles. The van der Waals surface area contributed by atoms with E-state index < -0.39 is 0 Å². The van der Waals surface area contributed by atoms with E-state index in [0.29, 0.717) is 11.6 Å². The lowest BCUT2D eigenvalue weighted by Gasteiger charge is -2.18. The van der Waals surface area contributed by atoms with Gasteiger partial charge in [0, 0.05) is 16.5 Å². The molecular formula is C16H15BrClNO2. The molecule has 0 aliphatic rings. The van der Waals surface area contributed by atoms with Gasteiger partial charge in [0.1, 0.15) is 6.61 Å². The standard InChI is InChI=1S/C16H15BrClNO2/c1-19(10-13-9-14(17)7-8-15(13)18)16(20)21-11-12-5-3-2-4-6-12/h2-9H,10-11H2,1H3. The highest BCUT2D eigenvalue weighted by molar-refractivity contribution is 9.10. The monoisotopic (exact) mass is 367 g/mol. The first-order valence-corrected chi connectivity index (χ1v) is 7.59. The summed E-state index contributed by atoms with van der Waals surface area (Å²) in [4.78, 5) is 13.5. The van der Waals surface area contributed by atoms with Gasteiger partial charge in [0.2, 0.25) is 0 Å². The molecule has 2 aromatic rings. The molecule has 0 aliphatic carbocycles. The molecule has 0 spiro atoms. The highest BCUT2D eigenvalue weighted by atomic mass is 79.9. The van der Waals surface area contributed by atoms with E-state index in [1.54, 1.807) is 13.1 Å². The molecule has 110 valence electrons. The van der Waals surface area contributed by atoms with Crippen LogP contribution in [0.15, 0.2) is 53.0 Å². The Hall–Kier alpha value is -1.52. The second kappa shape index (κ2) is 7.48. The maximum absolute atomic E-state index is 12.0. The predicted molar refractivity (Wildman–Crippen MR) is 87.2 cm³/mol. The summed E-state index contributed by atoms with van der Waals surface area (Å²) in [5, 5.41) is 0.626. The number of nitrogens with zero attached hydrogens (tertiary/aromatic N) is 1. The third kappa shape index (κ3) is 4.76. The minimum absolute atomic E-state index is 0.260. The van der Waals surface area contributed by atoms with Crippen molar-refractivity contribution in [2.45, 2.75) is 13.2 Å². The third-order valence-corrected chi connectivity index (χ3v) is 3.79. The van der Waals surface area contributed by atoms with Gasteiger partial charge in [0.15, 0.2) is 0 Å². The van der Waals surface area contributed by atoms with Crippen LogP contribution < -0.4 is 0 Å². The first-order valence-electron chi connectivity index (χ1n) is 6.42. The molecule has 0 fully saturated rings. The number of carbonyl (C=O) groups is 1. The maximum Gasteiger partial charge on any atom is 0.410 e. The Balaban J connectivity index is 1.92. The number of rotatable bonds is 4. The molecule has 3 nitrogen and oxygen atoms in total. The van der Waals surface area contributed by atoms with E-state index in [0.717, 1.165) is 15.6 Å². The SMILES string of the molecule is CN(Cc1cc(Br)ccc1Cl)C(=O)OCc1ccccc1. The van der Waals surface area contributed by atoms with Gasteiger partial charge in [-0.1, -0.05) is 57.9 Å². The fraction of sp³-hybridized carbons (Fsp3) is 0.188. The molecule has 0 bridgehead atoms. The highest BCUT2D eigenvalue weighted by Gasteiger charge is 2.12. The van der Waals surface area contributed by atoms with Crippen LogP contribution >= 0.6 is 27.5 Å². The van der Waals surface area contributed by atoms with Crippen molar-refractivity contribution in [3.8, 4) is 0 Å². The van der Waals surface area contributed by atoms with E-state index in [1.807, 2.05) is 42.5 Å². The molecule has 0 aliphatic heterocycles. The van der Waals surface area contributed by atoms with Gasteiger partial charge in [-0.05, 0) is 29.3 Å². The Kier molecular flexibility index (Phi) is 5.65. The number of halogens is 2. The van der Waals surface area contributed by atoms with Crippen molar-refractivity contribution >= 4 is 33.6 Å². The largest absolute Gasteiger partial charge is 0.445 e. The highest BCUT2D eigenvalue weighted by Crippen LogP contribution is 2.22. The number of ether oxygens (including phenoxy) is 1. The van der Waals surface area contributed by atoms with Gasteiger partial charge in [-0.15, -0.1) is 0 Å². The molecule has 2 rings (SSSR count). The van der Waals surface area contributed by atoms with E-state index in [2.05, 4.69) is 15.9 Å². The van der Waals surface area contributed by atoms with Crippen molar-refractivity contribution in [3.05, 3.63) is 69.2 Å². The van der Waals surface area contributed by atoms with Crippen molar-refractivity contribution in [2.75, 3.05) is 7.05 Å². The lowest BCUT2D eigenvalue weighted by atomic mass is 10.2. The van der Waals surface area contributed by atoms with Gasteiger partial charge < -0.3 is 9.64 Å². The minimum Gasteiger partial charge on any atom is -0.445 e. The number of hydrogen-bond acceptors (Lipinski definition) is 2. The van der Waals surface area contributed by atoms with Crippen LogP contribution in [0.3, 0.4) is 0 Å². The van der Waals surface area contributed by atoms with Gasteiger partial charge in [0.25, 0.3) is 0 Å². The molecule has 21 heavy (non-hydrogen) atoms. The molecule has 0 radical (unpaired) electrons. The molecule has 0 heterocycles. The summed E-state index contributed by atoms with van der Waals surface area (Å²) >= 11 is 9.51. The van der Waals surface area contributed by atoms with Crippen LogP contribution in [0.4, 0.5) is 4.79 Å². The van der Waals surface area contributed by atoms with Crippen molar-refractivity contribution in [3.63, 3.8) is 0 Å². The van der Waals surface area contributed by atoms with Gasteiger partial charge >= 0.3 is 6.09 Å². The average Bonchev–Trinajstić information content (AvgIpc) is 2.49. The predicted octanol–water partition coefficient (Wildman–Crippen LogP) is 4.87. The fourth-order valence-corrected chi connectivity index (χ4v) is 2.40. The summed E-state index contributed by atoms with van der Waals surface area (Å²) in [6.45, 7) is 0.655. The van der Waals surface area contributed by atoms with Crippen LogP contribution in [-0.4, -0.2) is 18.0 Å². The molecule has 0 saturated heterocycles. The molecule has 0 N–H and O–H groups in total. The number of amides is 1. The zero-order valence-corrected chi connectivity index (χ0v) is 13.9. The van der Waals surface area contributed by atoms with Crippen molar-refractivity contribution in [1.29, 1.82) is 0 Å². The van der Waals surface area contributed by atoms with Crippen LogP contribution in [0.25, 0.3) is 0 Å². The van der Waals surface area contributed by atoms with Crippen LogP contribution in [0, 0.1) is 0 Å².